The van der Waals surface area contributed by atoms with Crippen LogP contribution in [-0.2, 0) is 7.05 Å². The molecule has 0 radical (unpaired) electrons. The smallest absolute Gasteiger partial charge is 0.253 e. The maximum absolute atomic E-state index is 11.7. The summed E-state index contributed by atoms with van der Waals surface area (Å²) in [5.41, 5.74) is 10.4. The normalized spacial score (nSPS) is 10.1. The molecule has 0 aliphatic heterocycles. The third-order valence-corrected chi connectivity index (χ3v) is 2.55. The SMILES string of the molecule is Cc1cc2cc(N=[N+]=[N-])ccc2n(C)c1=O. The predicted octanol–water partition coefficient (Wildman–Crippen LogP) is 2.79. The summed E-state index contributed by atoms with van der Waals surface area (Å²) in [6.07, 6.45) is 0. The third kappa shape index (κ3) is 1.53. The van der Waals surface area contributed by atoms with Crippen LogP contribution in [0.2, 0.25) is 0 Å². The zero-order valence-electron chi connectivity index (χ0n) is 9.01. The standard InChI is InChI=1S/C11H10N4O/c1-7-5-8-6-9(13-14-12)3-4-10(8)15(2)11(7)16/h3-6H,1-2H3. The molecule has 0 aliphatic carbocycles. The number of fused-ring (bicyclic) bond motifs is 1. The number of nitrogens with zero attached hydrogens (tertiary/aromatic N) is 4. The van der Waals surface area contributed by atoms with Gasteiger partial charge in [-0.25, -0.2) is 0 Å². The third-order valence-electron chi connectivity index (χ3n) is 2.55. The molecule has 5 nitrogen and oxygen atoms in total. The molecule has 0 N–H and O–H groups in total. The van der Waals surface area contributed by atoms with E-state index in [9.17, 15) is 4.79 Å². The van der Waals surface area contributed by atoms with Crippen molar-refractivity contribution in [3.05, 3.63) is 50.6 Å². The van der Waals surface area contributed by atoms with Crippen LogP contribution < -0.4 is 5.56 Å². The summed E-state index contributed by atoms with van der Waals surface area (Å²) < 4.78 is 1.59. The fourth-order valence-corrected chi connectivity index (χ4v) is 1.75. The van der Waals surface area contributed by atoms with Crippen molar-refractivity contribution < 1.29 is 0 Å². The minimum atomic E-state index is -0.0102. The van der Waals surface area contributed by atoms with Gasteiger partial charge < -0.3 is 4.57 Å². The molecule has 5 heteroatoms. The van der Waals surface area contributed by atoms with E-state index in [2.05, 4.69) is 10.0 Å². The Hall–Kier alpha value is -2.26. The van der Waals surface area contributed by atoms with Gasteiger partial charge in [-0.2, -0.15) is 0 Å². The van der Waals surface area contributed by atoms with Crippen LogP contribution in [0.4, 0.5) is 5.69 Å². The number of azide groups is 1. The Labute approximate surface area is 91.6 Å². The topological polar surface area (TPSA) is 70.8 Å². The number of hydrogen-bond donors (Lipinski definition) is 0. The van der Waals surface area contributed by atoms with E-state index in [1.165, 1.54) is 0 Å². The van der Waals surface area contributed by atoms with Crippen LogP contribution >= 0.6 is 0 Å². The Morgan fingerprint density at radius 3 is 2.81 bits per heavy atom. The van der Waals surface area contributed by atoms with Crippen LogP contribution in [0, 0.1) is 6.92 Å². The van der Waals surface area contributed by atoms with E-state index in [1.54, 1.807) is 42.8 Å². The van der Waals surface area contributed by atoms with Gasteiger partial charge in [0, 0.05) is 23.2 Å². The quantitative estimate of drug-likeness (QED) is 0.408. The van der Waals surface area contributed by atoms with Gasteiger partial charge in [-0.3, -0.25) is 4.79 Å². The van der Waals surface area contributed by atoms with Crippen molar-refractivity contribution in [1.29, 1.82) is 0 Å². The summed E-state index contributed by atoms with van der Waals surface area (Å²) in [5, 5.41) is 4.42. The molecule has 0 spiro atoms. The van der Waals surface area contributed by atoms with E-state index >= 15 is 0 Å². The molecule has 0 unspecified atom stereocenters. The second-order valence-corrected chi connectivity index (χ2v) is 3.62. The molecule has 0 atom stereocenters. The average molecular weight is 214 g/mol. The summed E-state index contributed by atoms with van der Waals surface area (Å²) in [4.78, 5) is 14.4. The van der Waals surface area contributed by atoms with Gasteiger partial charge in [0.25, 0.3) is 5.56 Å². The van der Waals surface area contributed by atoms with Crippen molar-refractivity contribution in [2.75, 3.05) is 0 Å². The number of rotatable bonds is 1. The summed E-state index contributed by atoms with van der Waals surface area (Å²) in [5.74, 6) is 0. The van der Waals surface area contributed by atoms with E-state index < -0.39 is 0 Å². The maximum Gasteiger partial charge on any atom is 0.253 e. The second kappa shape index (κ2) is 3.72. The lowest BCUT2D eigenvalue weighted by atomic mass is 10.1. The van der Waals surface area contributed by atoms with Gasteiger partial charge in [0.2, 0.25) is 0 Å². The van der Waals surface area contributed by atoms with Gasteiger partial charge in [0.05, 0.1) is 5.52 Å². The highest BCUT2D eigenvalue weighted by atomic mass is 16.1. The van der Waals surface area contributed by atoms with Gasteiger partial charge in [0.1, 0.15) is 0 Å². The molecular weight excluding hydrogens is 204 g/mol. The van der Waals surface area contributed by atoms with E-state index in [0.29, 0.717) is 11.3 Å². The van der Waals surface area contributed by atoms with E-state index in [0.717, 1.165) is 10.9 Å². The highest BCUT2D eigenvalue weighted by Gasteiger charge is 2.03. The highest BCUT2D eigenvalue weighted by molar-refractivity contribution is 5.82. The molecule has 80 valence electrons. The molecule has 1 aromatic heterocycles. The van der Waals surface area contributed by atoms with Crippen molar-refractivity contribution in [1.82, 2.24) is 4.57 Å². The Bertz CT molecular complexity index is 665. The molecule has 0 saturated carbocycles. The fraction of sp³-hybridized carbons (Fsp3) is 0.182. The molecule has 0 amide bonds. The highest BCUT2D eigenvalue weighted by Crippen LogP contribution is 2.20. The first-order chi connectivity index (χ1) is 7.63. The summed E-state index contributed by atoms with van der Waals surface area (Å²) >= 11 is 0. The number of hydrogen-bond acceptors (Lipinski definition) is 2. The van der Waals surface area contributed by atoms with Gasteiger partial charge >= 0.3 is 0 Å². The van der Waals surface area contributed by atoms with Crippen LogP contribution in [0.5, 0.6) is 0 Å². The zero-order valence-corrected chi connectivity index (χ0v) is 9.01. The molecule has 1 heterocycles. The van der Waals surface area contributed by atoms with E-state index in [-0.39, 0.29) is 5.56 Å². The van der Waals surface area contributed by atoms with Crippen LogP contribution in [0.1, 0.15) is 5.56 Å². The van der Waals surface area contributed by atoms with Crippen LogP contribution in [-0.4, -0.2) is 4.57 Å². The number of pyridine rings is 1. The van der Waals surface area contributed by atoms with Crippen LogP contribution in [0.25, 0.3) is 21.3 Å². The number of aryl methyl sites for hydroxylation is 2. The molecule has 0 fully saturated rings. The van der Waals surface area contributed by atoms with Crippen molar-refractivity contribution in [3.8, 4) is 0 Å². The lowest BCUT2D eigenvalue weighted by Crippen LogP contribution is -2.18. The molecule has 16 heavy (non-hydrogen) atoms. The Morgan fingerprint density at radius 2 is 2.12 bits per heavy atom. The minimum Gasteiger partial charge on any atom is -0.311 e. The molecule has 2 rings (SSSR count). The van der Waals surface area contributed by atoms with E-state index in [4.69, 9.17) is 5.53 Å². The van der Waals surface area contributed by atoms with Crippen molar-refractivity contribution in [3.63, 3.8) is 0 Å². The lowest BCUT2D eigenvalue weighted by molar-refractivity contribution is 0.893. The molecule has 1 aromatic carbocycles. The molecular formula is C11H10N4O. The van der Waals surface area contributed by atoms with Crippen molar-refractivity contribution >= 4 is 16.6 Å². The zero-order chi connectivity index (χ0) is 11.7. The Kier molecular flexibility index (Phi) is 2.38. The van der Waals surface area contributed by atoms with Gasteiger partial charge in [-0.05, 0) is 36.0 Å². The minimum absolute atomic E-state index is 0.0102. The van der Waals surface area contributed by atoms with Gasteiger partial charge in [-0.15, -0.1) is 0 Å². The Morgan fingerprint density at radius 1 is 1.38 bits per heavy atom. The molecule has 0 aliphatic rings. The van der Waals surface area contributed by atoms with E-state index in [1.807, 2.05) is 0 Å². The van der Waals surface area contributed by atoms with Crippen molar-refractivity contribution in [2.24, 2.45) is 12.2 Å². The summed E-state index contributed by atoms with van der Waals surface area (Å²) in [6, 6.07) is 7.03. The first kappa shape index (κ1) is 10.3. The second-order valence-electron chi connectivity index (χ2n) is 3.62. The van der Waals surface area contributed by atoms with Crippen LogP contribution in [0.3, 0.4) is 0 Å². The maximum atomic E-state index is 11.7. The van der Waals surface area contributed by atoms with Gasteiger partial charge in [-0.1, -0.05) is 11.2 Å². The number of aromatic nitrogens is 1. The van der Waals surface area contributed by atoms with Crippen LogP contribution in [0.15, 0.2) is 34.2 Å². The molecule has 2 aromatic rings. The monoisotopic (exact) mass is 214 g/mol. The average Bonchev–Trinajstić information content (AvgIpc) is 2.26. The molecule has 0 saturated heterocycles. The summed E-state index contributed by atoms with van der Waals surface area (Å²) in [6.45, 7) is 1.77. The largest absolute Gasteiger partial charge is 0.311 e. The lowest BCUT2D eigenvalue weighted by Gasteiger charge is -2.06. The first-order valence-electron chi connectivity index (χ1n) is 4.79. The summed E-state index contributed by atoms with van der Waals surface area (Å²) in [7, 11) is 1.73. The predicted molar refractivity (Wildman–Crippen MR) is 62.7 cm³/mol. The van der Waals surface area contributed by atoms with Crippen molar-refractivity contribution in [2.45, 2.75) is 6.92 Å². The Balaban J connectivity index is 2.86. The number of benzene rings is 1. The fourth-order valence-electron chi connectivity index (χ4n) is 1.75. The first-order valence-corrected chi connectivity index (χ1v) is 4.79. The molecule has 0 bridgehead atoms. The van der Waals surface area contributed by atoms with Gasteiger partial charge in [0.15, 0.2) is 0 Å².